The first-order valence-corrected chi connectivity index (χ1v) is 8.72. The second-order valence-electron chi connectivity index (χ2n) is 6.41. The maximum absolute atomic E-state index is 12.1. The SMILES string of the molecule is CC.CC(C)(O)O.CC1CCC(CN2C(=O)c3ccccc3C2=O)O1. The maximum Gasteiger partial charge on any atom is 0.261 e. The molecule has 0 aliphatic carbocycles. The summed E-state index contributed by atoms with van der Waals surface area (Å²) in [7, 11) is 0. The van der Waals surface area contributed by atoms with Crippen molar-refractivity contribution in [3.05, 3.63) is 35.4 Å². The lowest BCUT2D eigenvalue weighted by molar-refractivity contribution is -0.127. The fourth-order valence-corrected chi connectivity index (χ4v) is 2.63. The summed E-state index contributed by atoms with van der Waals surface area (Å²) in [5.74, 6) is -1.89. The number of hydrogen-bond acceptors (Lipinski definition) is 5. The van der Waals surface area contributed by atoms with Crippen LogP contribution in [0.25, 0.3) is 0 Å². The van der Waals surface area contributed by atoms with Gasteiger partial charge >= 0.3 is 0 Å². The summed E-state index contributed by atoms with van der Waals surface area (Å²) in [6.45, 7) is 8.99. The maximum atomic E-state index is 12.1. The molecule has 6 heteroatoms. The molecule has 0 spiro atoms. The zero-order chi connectivity index (χ0) is 19.2. The summed E-state index contributed by atoms with van der Waals surface area (Å²) in [5, 5.41) is 16.2. The van der Waals surface area contributed by atoms with Gasteiger partial charge in [0.2, 0.25) is 0 Å². The summed E-state index contributed by atoms with van der Waals surface area (Å²) in [5.41, 5.74) is 1.02. The van der Waals surface area contributed by atoms with Crippen molar-refractivity contribution < 1.29 is 24.5 Å². The van der Waals surface area contributed by atoms with E-state index in [1.165, 1.54) is 18.7 Å². The number of carbonyl (C=O) groups is 2. The van der Waals surface area contributed by atoms with Crippen molar-refractivity contribution in [2.45, 2.75) is 65.5 Å². The first-order valence-electron chi connectivity index (χ1n) is 8.72. The molecule has 140 valence electrons. The lowest BCUT2D eigenvalue weighted by Gasteiger charge is -2.18. The minimum absolute atomic E-state index is 0.0118. The number of imide groups is 1. The number of rotatable bonds is 2. The lowest BCUT2D eigenvalue weighted by atomic mass is 10.1. The average Bonchev–Trinajstić information content (AvgIpc) is 3.06. The molecule has 3 rings (SSSR count). The van der Waals surface area contributed by atoms with Crippen molar-refractivity contribution in [3.8, 4) is 0 Å². The zero-order valence-corrected chi connectivity index (χ0v) is 15.7. The van der Waals surface area contributed by atoms with Gasteiger partial charge in [-0.15, -0.1) is 0 Å². The minimum atomic E-state index is -1.50. The predicted molar refractivity (Wildman–Crippen MR) is 95.2 cm³/mol. The van der Waals surface area contributed by atoms with E-state index in [1.54, 1.807) is 24.3 Å². The molecule has 1 aromatic carbocycles. The molecule has 6 nitrogen and oxygen atoms in total. The van der Waals surface area contributed by atoms with Crippen LogP contribution in [0.15, 0.2) is 24.3 Å². The minimum Gasteiger partial charge on any atom is -0.373 e. The Kier molecular flexibility index (Phi) is 7.73. The topological polar surface area (TPSA) is 87.1 Å². The molecule has 25 heavy (non-hydrogen) atoms. The number of nitrogens with zero attached hydrogens (tertiary/aromatic N) is 1. The summed E-state index contributed by atoms with van der Waals surface area (Å²) in [4.78, 5) is 25.6. The van der Waals surface area contributed by atoms with E-state index in [2.05, 4.69) is 0 Å². The van der Waals surface area contributed by atoms with Crippen LogP contribution in [0, 0.1) is 0 Å². The number of fused-ring (bicyclic) bond motifs is 1. The smallest absolute Gasteiger partial charge is 0.261 e. The summed E-state index contributed by atoms with van der Waals surface area (Å²) in [6.07, 6.45) is 2.12. The van der Waals surface area contributed by atoms with E-state index in [9.17, 15) is 9.59 Å². The van der Waals surface area contributed by atoms with E-state index in [-0.39, 0.29) is 24.0 Å². The van der Waals surface area contributed by atoms with E-state index in [0.717, 1.165) is 12.8 Å². The van der Waals surface area contributed by atoms with E-state index in [4.69, 9.17) is 14.9 Å². The summed E-state index contributed by atoms with van der Waals surface area (Å²) < 4.78 is 5.67. The molecule has 0 bridgehead atoms. The molecule has 2 N–H and O–H groups in total. The molecular weight excluding hydrogens is 322 g/mol. The second-order valence-corrected chi connectivity index (χ2v) is 6.41. The molecule has 2 aliphatic rings. The number of amides is 2. The first kappa shape index (κ1) is 21.3. The third kappa shape index (κ3) is 6.23. The first-order chi connectivity index (χ1) is 11.7. The van der Waals surface area contributed by atoms with Gasteiger partial charge in [0.05, 0.1) is 29.9 Å². The van der Waals surface area contributed by atoms with Gasteiger partial charge in [-0.2, -0.15) is 0 Å². The van der Waals surface area contributed by atoms with Crippen LogP contribution in [0.4, 0.5) is 0 Å². The molecule has 1 fully saturated rings. The van der Waals surface area contributed by atoms with Crippen LogP contribution in [-0.4, -0.2) is 51.5 Å². The third-order valence-electron chi connectivity index (χ3n) is 3.58. The number of aliphatic hydroxyl groups is 2. The molecule has 2 atom stereocenters. The fourth-order valence-electron chi connectivity index (χ4n) is 2.63. The van der Waals surface area contributed by atoms with Gasteiger partial charge in [-0.3, -0.25) is 14.5 Å². The summed E-state index contributed by atoms with van der Waals surface area (Å²) in [6, 6.07) is 6.96. The molecular formula is C19H29NO5. The molecule has 0 aromatic heterocycles. The number of carbonyl (C=O) groups excluding carboxylic acids is 2. The Balaban J connectivity index is 0.000000388. The second kappa shape index (κ2) is 9.08. The highest BCUT2D eigenvalue weighted by Gasteiger charge is 2.37. The molecule has 2 aliphatic heterocycles. The van der Waals surface area contributed by atoms with Crippen LogP contribution in [0.1, 0.15) is 68.2 Å². The highest BCUT2D eigenvalue weighted by molar-refractivity contribution is 6.21. The van der Waals surface area contributed by atoms with Crippen LogP contribution < -0.4 is 0 Å². The van der Waals surface area contributed by atoms with Gasteiger partial charge in [0, 0.05) is 0 Å². The van der Waals surface area contributed by atoms with Crippen LogP contribution in [0.3, 0.4) is 0 Å². The van der Waals surface area contributed by atoms with Crippen molar-refractivity contribution in [1.82, 2.24) is 4.90 Å². The van der Waals surface area contributed by atoms with Crippen molar-refractivity contribution in [1.29, 1.82) is 0 Å². The largest absolute Gasteiger partial charge is 0.373 e. The molecule has 2 unspecified atom stereocenters. The Hall–Kier alpha value is -1.76. The van der Waals surface area contributed by atoms with Crippen molar-refractivity contribution in [2.75, 3.05) is 6.54 Å². The standard InChI is InChI=1S/C14H15NO3.C3H8O2.C2H6/c1-9-6-7-10(18-9)8-15-13(16)11-4-2-3-5-12(11)14(15)17;1-3(2,4)5;1-2/h2-5,9-10H,6-8H2,1H3;4-5H,1-2H3;1-2H3. The van der Waals surface area contributed by atoms with Gasteiger partial charge in [0.25, 0.3) is 11.8 Å². The molecule has 0 radical (unpaired) electrons. The third-order valence-corrected chi connectivity index (χ3v) is 3.58. The van der Waals surface area contributed by atoms with Gasteiger partial charge in [0.1, 0.15) is 0 Å². The molecule has 0 saturated carbocycles. The highest BCUT2D eigenvalue weighted by Crippen LogP contribution is 2.26. The Bertz CT molecular complexity index is 553. The Morgan fingerprint density at radius 1 is 1.08 bits per heavy atom. The monoisotopic (exact) mass is 351 g/mol. The normalized spacial score (nSPS) is 22.0. The van der Waals surface area contributed by atoms with Gasteiger partial charge in [-0.1, -0.05) is 26.0 Å². The quantitative estimate of drug-likeness (QED) is 0.632. The van der Waals surface area contributed by atoms with Gasteiger partial charge in [-0.05, 0) is 45.7 Å². The van der Waals surface area contributed by atoms with Gasteiger partial charge in [0.15, 0.2) is 5.79 Å². The lowest BCUT2D eigenvalue weighted by Crippen LogP contribution is -2.36. The number of hydrogen-bond donors (Lipinski definition) is 2. The van der Waals surface area contributed by atoms with Crippen LogP contribution >= 0.6 is 0 Å². The molecule has 1 saturated heterocycles. The Labute approximate surface area is 149 Å². The molecule has 2 amide bonds. The van der Waals surface area contributed by atoms with Crippen LogP contribution in [0.5, 0.6) is 0 Å². The van der Waals surface area contributed by atoms with E-state index in [0.29, 0.717) is 17.7 Å². The van der Waals surface area contributed by atoms with E-state index < -0.39 is 5.79 Å². The Morgan fingerprint density at radius 3 is 1.88 bits per heavy atom. The van der Waals surface area contributed by atoms with E-state index >= 15 is 0 Å². The average molecular weight is 351 g/mol. The van der Waals surface area contributed by atoms with Crippen LogP contribution in [0.2, 0.25) is 0 Å². The number of ether oxygens (including phenoxy) is 1. The van der Waals surface area contributed by atoms with Crippen LogP contribution in [-0.2, 0) is 4.74 Å². The van der Waals surface area contributed by atoms with Crippen molar-refractivity contribution in [2.24, 2.45) is 0 Å². The number of benzene rings is 1. The van der Waals surface area contributed by atoms with E-state index in [1.807, 2.05) is 20.8 Å². The van der Waals surface area contributed by atoms with Crippen molar-refractivity contribution >= 4 is 11.8 Å². The predicted octanol–water partition coefficient (Wildman–Crippen LogP) is 2.58. The van der Waals surface area contributed by atoms with Gasteiger partial charge < -0.3 is 14.9 Å². The fraction of sp³-hybridized carbons (Fsp3) is 0.579. The molecule has 1 aromatic rings. The Morgan fingerprint density at radius 2 is 1.52 bits per heavy atom. The van der Waals surface area contributed by atoms with Gasteiger partial charge in [-0.25, -0.2) is 0 Å². The molecule has 2 heterocycles. The summed E-state index contributed by atoms with van der Waals surface area (Å²) >= 11 is 0. The van der Waals surface area contributed by atoms with Crippen molar-refractivity contribution in [3.63, 3.8) is 0 Å². The highest BCUT2D eigenvalue weighted by atomic mass is 16.5. The zero-order valence-electron chi connectivity index (χ0n) is 15.7.